The fourth-order valence-electron chi connectivity index (χ4n) is 4.78. The molecule has 214 valence electrons. The van der Waals surface area contributed by atoms with Crippen molar-refractivity contribution in [2.45, 2.75) is 65.0 Å². The molecule has 3 aromatic heterocycles. The van der Waals surface area contributed by atoms with Crippen molar-refractivity contribution in [3.63, 3.8) is 0 Å². The van der Waals surface area contributed by atoms with Crippen molar-refractivity contribution in [3.8, 4) is 6.07 Å². The summed E-state index contributed by atoms with van der Waals surface area (Å²) in [6, 6.07) is 7.84. The standard InChI is InChI=1S/C29H30ClF3N8/c1-5-21-18(6-7-23(31)38-21)26(22-14-41(40-39-22)29(8-9-29)27(32)33)37-17-10-19-24(36-15-28(2,3)4)16(12-34)13-35-25(19)20(30)11-17/h6-7,10-11,13-14,26-27,37H,5,8-9,15H2,1-4H3,(H,35,36)/t26-/m0/s1. The van der Waals surface area contributed by atoms with Crippen LogP contribution in [0.15, 0.2) is 36.7 Å². The lowest BCUT2D eigenvalue weighted by molar-refractivity contribution is 0.0593. The smallest absolute Gasteiger partial charge is 0.263 e. The van der Waals surface area contributed by atoms with Gasteiger partial charge in [0.1, 0.15) is 17.3 Å². The van der Waals surface area contributed by atoms with Crippen LogP contribution in [-0.4, -0.2) is 37.9 Å². The molecule has 1 fully saturated rings. The molecule has 0 unspecified atom stereocenters. The largest absolute Gasteiger partial charge is 0.383 e. The molecule has 12 heteroatoms. The van der Waals surface area contributed by atoms with Gasteiger partial charge in [-0.3, -0.25) is 4.98 Å². The monoisotopic (exact) mass is 582 g/mol. The van der Waals surface area contributed by atoms with Gasteiger partial charge >= 0.3 is 0 Å². The van der Waals surface area contributed by atoms with Gasteiger partial charge in [-0.15, -0.1) is 5.10 Å². The van der Waals surface area contributed by atoms with Gasteiger partial charge in [-0.1, -0.05) is 50.6 Å². The first kappa shape index (κ1) is 28.6. The predicted octanol–water partition coefficient (Wildman–Crippen LogP) is 6.86. The number of benzene rings is 1. The number of halogens is 4. The Morgan fingerprint density at radius 3 is 2.61 bits per heavy atom. The molecule has 2 N–H and O–H groups in total. The average molecular weight is 583 g/mol. The van der Waals surface area contributed by atoms with Crippen LogP contribution in [0.2, 0.25) is 5.02 Å². The Morgan fingerprint density at radius 1 is 1.22 bits per heavy atom. The number of rotatable bonds is 9. The van der Waals surface area contributed by atoms with E-state index in [1.807, 2.05) is 13.0 Å². The second-order valence-electron chi connectivity index (χ2n) is 11.5. The van der Waals surface area contributed by atoms with Crippen LogP contribution in [0.1, 0.15) is 69.1 Å². The minimum atomic E-state index is -2.58. The SMILES string of the molecule is CCc1nc(F)ccc1[C@H](Nc1cc(Cl)c2ncc(C#N)c(NCC(C)(C)C)c2c1)c1cn(C2(C(F)F)CC2)nn1. The van der Waals surface area contributed by atoms with Crippen LogP contribution in [0.4, 0.5) is 24.5 Å². The summed E-state index contributed by atoms with van der Waals surface area (Å²) in [5.41, 5.74) is 2.09. The number of nitrogens with zero attached hydrogens (tertiary/aromatic N) is 6. The normalized spacial score (nSPS) is 15.1. The van der Waals surface area contributed by atoms with E-state index in [1.165, 1.54) is 23.1 Å². The van der Waals surface area contributed by atoms with Gasteiger partial charge in [0.2, 0.25) is 5.95 Å². The van der Waals surface area contributed by atoms with Crippen molar-refractivity contribution in [1.82, 2.24) is 25.0 Å². The third kappa shape index (κ3) is 5.66. The molecule has 0 amide bonds. The molecular weight excluding hydrogens is 553 g/mol. The highest BCUT2D eigenvalue weighted by Gasteiger charge is 2.54. The third-order valence-corrected chi connectivity index (χ3v) is 7.49. The molecular formula is C29H30ClF3N8. The highest BCUT2D eigenvalue weighted by molar-refractivity contribution is 6.35. The Balaban J connectivity index is 1.62. The van der Waals surface area contributed by atoms with Crippen LogP contribution >= 0.6 is 11.6 Å². The molecule has 1 saturated carbocycles. The number of hydrogen-bond acceptors (Lipinski definition) is 7. The summed E-state index contributed by atoms with van der Waals surface area (Å²) in [6.45, 7) is 8.68. The molecule has 1 aromatic carbocycles. The van der Waals surface area contributed by atoms with E-state index >= 15 is 0 Å². The molecule has 0 bridgehead atoms. The van der Waals surface area contributed by atoms with Crippen LogP contribution in [0.25, 0.3) is 10.9 Å². The Labute approximate surface area is 240 Å². The summed E-state index contributed by atoms with van der Waals surface area (Å²) >= 11 is 6.69. The number of anilines is 2. The average Bonchev–Trinajstić information content (AvgIpc) is 3.60. The topological polar surface area (TPSA) is 104 Å². The molecule has 0 aliphatic heterocycles. The second-order valence-corrected chi connectivity index (χ2v) is 11.9. The molecule has 1 atom stereocenters. The van der Waals surface area contributed by atoms with Crippen molar-refractivity contribution in [3.05, 3.63) is 70.1 Å². The van der Waals surface area contributed by atoms with Crippen molar-refractivity contribution < 1.29 is 13.2 Å². The Kier molecular flexibility index (Phi) is 7.55. The van der Waals surface area contributed by atoms with Crippen molar-refractivity contribution in [1.29, 1.82) is 5.26 Å². The lowest BCUT2D eigenvalue weighted by Crippen LogP contribution is -2.26. The summed E-state index contributed by atoms with van der Waals surface area (Å²) < 4.78 is 43.0. The van der Waals surface area contributed by atoms with Crippen molar-refractivity contribution >= 4 is 33.9 Å². The first-order valence-electron chi connectivity index (χ1n) is 13.3. The zero-order valence-electron chi connectivity index (χ0n) is 23.1. The van der Waals surface area contributed by atoms with E-state index in [2.05, 4.69) is 57.8 Å². The Bertz CT molecular complexity index is 1640. The molecule has 8 nitrogen and oxygen atoms in total. The first-order valence-corrected chi connectivity index (χ1v) is 13.7. The fourth-order valence-corrected chi connectivity index (χ4v) is 5.05. The molecule has 4 aromatic rings. The number of hydrogen-bond donors (Lipinski definition) is 2. The molecule has 1 aliphatic rings. The maximum atomic E-state index is 14.1. The van der Waals surface area contributed by atoms with Gasteiger partial charge in [-0.05, 0) is 42.9 Å². The van der Waals surface area contributed by atoms with Gasteiger partial charge in [0.15, 0.2) is 0 Å². The molecule has 1 aliphatic carbocycles. The quantitative estimate of drug-likeness (QED) is 0.208. The highest BCUT2D eigenvalue weighted by Crippen LogP contribution is 2.48. The number of nitrogens with one attached hydrogen (secondary N) is 2. The lowest BCUT2D eigenvalue weighted by atomic mass is 9.96. The van der Waals surface area contributed by atoms with E-state index in [1.54, 1.807) is 12.1 Å². The van der Waals surface area contributed by atoms with Gasteiger partial charge in [-0.2, -0.15) is 9.65 Å². The number of nitriles is 1. The summed E-state index contributed by atoms with van der Waals surface area (Å²) in [5, 5.41) is 25.9. The molecule has 0 spiro atoms. The number of aromatic nitrogens is 5. The number of alkyl halides is 2. The molecule has 3 heterocycles. The van der Waals surface area contributed by atoms with E-state index in [-0.39, 0.29) is 5.41 Å². The maximum Gasteiger partial charge on any atom is 0.263 e. The van der Waals surface area contributed by atoms with Crippen LogP contribution in [0.3, 0.4) is 0 Å². The van der Waals surface area contributed by atoms with Gasteiger partial charge < -0.3 is 10.6 Å². The van der Waals surface area contributed by atoms with Crippen molar-refractivity contribution in [2.75, 3.05) is 17.2 Å². The van der Waals surface area contributed by atoms with E-state index < -0.39 is 24.0 Å². The summed E-state index contributed by atoms with van der Waals surface area (Å²) in [4.78, 5) is 8.48. The number of pyridine rings is 2. The summed E-state index contributed by atoms with van der Waals surface area (Å²) in [7, 11) is 0. The van der Waals surface area contributed by atoms with Crippen molar-refractivity contribution in [2.24, 2.45) is 5.41 Å². The van der Waals surface area contributed by atoms with Gasteiger partial charge in [0.25, 0.3) is 6.43 Å². The Hall–Kier alpha value is -3.91. The van der Waals surface area contributed by atoms with E-state index in [0.29, 0.717) is 75.6 Å². The van der Waals surface area contributed by atoms with E-state index in [9.17, 15) is 18.4 Å². The van der Waals surface area contributed by atoms with Crippen LogP contribution in [0.5, 0.6) is 0 Å². The second kappa shape index (κ2) is 10.8. The van der Waals surface area contributed by atoms with Gasteiger partial charge in [-0.25, -0.2) is 18.4 Å². The summed E-state index contributed by atoms with van der Waals surface area (Å²) in [6.07, 6.45) is 1.46. The first-order chi connectivity index (χ1) is 19.5. The molecule has 41 heavy (non-hydrogen) atoms. The minimum Gasteiger partial charge on any atom is -0.383 e. The van der Waals surface area contributed by atoms with E-state index in [4.69, 9.17) is 11.6 Å². The zero-order chi connectivity index (χ0) is 29.5. The Morgan fingerprint density at radius 2 is 1.98 bits per heavy atom. The predicted molar refractivity (Wildman–Crippen MR) is 152 cm³/mol. The number of aryl methyl sites for hydroxylation is 1. The molecule has 0 radical (unpaired) electrons. The third-order valence-electron chi connectivity index (χ3n) is 7.20. The zero-order valence-corrected chi connectivity index (χ0v) is 23.9. The van der Waals surface area contributed by atoms with Gasteiger partial charge in [0, 0.05) is 35.1 Å². The number of fused-ring (bicyclic) bond motifs is 1. The fraction of sp³-hybridized carbons (Fsp3) is 0.414. The molecule has 5 rings (SSSR count). The van der Waals surface area contributed by atoms with Crippen LogP contribution in [-0.2, 0) is 12.0 Å². The van der Waals surface area contributed by atoms with Crippen LogP contribution in [0, 0.1) is 22.7 Å². The highest BCUT2D eigenvalue weighted by atomic mass is 35.5. The lowest BCUT2D eigenvalue weighted by Gasteiger charge is -2.23. The maximum absolute atomic E-state index is 14.1. The van der Waals surface area contributed by atoms with E-state index in [0.717, 1.165) is 0 Å². The minimum absolute atomic E-state index is 0.0673. The summed E-state index contributed by atoms with van der Waals surface area (Å²) in [5.74, 6) is -0.624. The van der Waals surface area contributed by atoms with Gasteiger partial charge in [0.05, 0.1) is 34.0 Å². The molecule has 0 saturated heterocycles. The van der Waals surface area contributed by atoms with Crippen LogP contribution < -0.4 is 10.6 Å².